The average Bonchev–Trinajstić information content (AvgIpc) is 1.88. The number of halogens is 3. The lowest BCUT2D eigenvalue weighted by molar-refractivity contribution is -0.177. The van der Waals surface area contributed by atoms with Crippen molar-refractivity contribution in [1.82, 2.24) is 5.32 Å². The Morgan fingerprint density at radius 1 is 1.40 bits per heavy atom. The van der Waals surface area contributed by atoms with Gasteiger partial charge in [0, 0.05) is 6.54 Å². The third kappa shape index (κ3) is 1.85. The van der Waals surface area contributed by atoms with E-state index in [0.717, 1.165) is 0 Å². The Morgan fingerprint density at radius 2 is 2.10 bits per heavy atom. The first-order valence-corrected chi connectivity index (χ1v) is 2.92. The van der Waals surface area contributed by atoms with Gasteiger partial charge in [0.2, 0.25) is 0 Å². The number of alkyl halides is 3. The first-order chi connectivity index (χ1) is 4.61. The van der Waals surface area contributed by atoms with E-state index >= 15 is 0 Å². The summed E-state index contributed by atoms with van der Waals surface area (Å²) in [6, 6.07) is -1.60. The SMILES string of the molecule is FC(F)(F)C1COCC[N]1. The molecule has 1 atom stereocenters. The van der Waals surface area contributed by atoms with Gasteiger partial charge in [-0.05, 0) is 0 Å². The van der Waals surface area contributed by atoms with Crippen molar-refractivity contribution in [2.24, 2.45) is 0 Å². The molecule has 1 fully saturated rings. The Hall–Kier alpha value is -0.290. The molecule has 0 amide bonds. The molecule has 1 saturated heterocycles. The summed E-state index contributed by atoms with van der Waals surface area (Å²) < 4.78 is 39.9. The van der Waals surface area contributed by atoms with Crippen LogP contribution in [0.4, 0.5) is 13.2 Å². The lowest BCUT2D eigenvalue weighted by atomic mass is 10.3. The minimum absolute atomic E-state index is 0.157. The Morgan fingerprint density at radius 3 is 2.40 bits per heavy atom. The van der Waals surface area contributed by atoms with E-state index < -0.39 is 12.2 Å². The molecule has 0 aromatic heterocycles. The molecule has 0 spiro atoms. The summed E-state index contributed by atoms with van der Waals surface area (Å²) in [6.07, 6.45) is -4.22. The van der Waals surface area contributed by atoms with Gasteiger partial charge in [0.1, 0.15) is 6.04 Å². The van der Waals surface area contributed by atoms with Crippen molar-refractivity contribution in [2.75, 3.05) is 19.8 Å². The van der Waals surface area contributed by atoms with Crippen molar-refractivity contribution in [3.63, 3.8) is 0 Å². The number of rotatable bonds is 0. The number of ether oxygens (including phenoxy) is 1. The second-order valence-electron chi connectivity index (χ2n) is 2.04. The third-order valence-electron chi connectivity index (χ3n) is 1.24. The smallest absolute Gasteiger partial charge is 0.378 e. The fraction of sp³-hybridized carbons (Fsp3) is 1.00. The van der Waals surface area contributed by atoms with E-state index in [-0.39, 0.29) is 13.2 Å². The van der Waals surface area contributed by atoms with Gasteiger partial charge in [-0.1, -0.05) is 0 Å². The molecular formula is C5H7F3NO. The standard InChI is InChI=1S/C5H7F3NO/c6-5(7,8)4-3-10-2-1-9-4/h4H,1-3H2. The van der Waals surface area contributed by atoms with Gasteiger partial charge in [-0.3, -0.25) is 0 Å². The largest absolute Gasteiger partial charge is 0.407 e. The van der Waals surface area contributed by atoms with Crippen LogP contribution < -0.4 is 5.32 Å². The van der Waals surface area contributed by atoms with Crippen LogP contribution >= 0.6 is 0 Å². The lowest BCUT2D eigenvalue weighted by Crippen LogP contribution is -2.46. The highest BCUT2D eigenvalue weighted by molar-refractivity contribution is 4.76. The molecule has 59 valence electrons. The molecule has 1 aliphatic heterocycles. The summed E-state index contributed by atoms with van der Waals surface area (Å²) in [5, 5.41) is 3.35. The second kappa shape index (κ2) is 2.75. The summed E-state index contributed by atoms with van der Waals surface area (Å²) in [4.78, 5) is 0. The van der Waals surface area contributed by atoms with Crippen molar-refractivity contribution in [3.8, 4) is 0 Å². The van der Waals surface area contributed by atoms with Gasteiger partial charge in [-0.2, -0.15) is 13.2 Å². The predicted octanol–water partition coefficient (Wildman–Crippen LogP) is 0.552. The van der Waals surface area contributed by atoms with Gasteiger partial charge in [0.25, 0.3) is 0 Å². The summed E-state index contributed by atoms with van der Waals surface area (Å²) in [6.45, 7) is 0.153. The number of morpholine rings is 1. The van der Waals surface area contributed by atoms with Crippen LogP contribution in [0.5, 0.6) is 0 Å². The molecule has 0 saturated carbocycles. The van der Waals surface area contributed by atoms with E-state index in [2.05, 4.69) is 10.1 Å². The van der Waals surface area contributed by atoms with Crippen molar-refractivity contribution >= 4 is 0 Å². The van der Waals surface area contributed by atoms with Crippen LogP contribution in [0.3, 0.4) is 0 Å². The second-order valence-corrected chi connectivity index (χ2v) is 2.04. The molecule has 0 aromatic carbocycles. The van der Waals surface area contributed by atoms with Crippen LogP contribution in [-0.4, -0.2) is 32.0 Å². The monoisotopic (exact) mass is 154 g/mol. The van der Waals surface area contributed by atoms with Crippen LogP contribution in [0.2, 0.25) is 0 Å². The van der Waals surface area contributed by atoms with E-state index in [9.17, 15) is 13.2 Å². The van der Waals surface area contributed by atoms with E-state index in [4.69, 9.17) is 0 Å². The summed E-state index contributed by atoms with van der Waals surface area (Å²) >= 11 is 0. The Labute approximate surface area is 56.4 Å². The van der Waals surface area contributed by atoms with E-state index in [1.165, 1.54) is 0 Å². The molecule has 0 aromatic rings. The normalized spacial score (nSPS) is 28.5. The molecule has 0 N–H and O–H groups in total. The van der Waals surface area contributed by atoms with Crippen molar-refractivity contribution in [3.05, 3.63) is 0 Å². The molecule has 5 heteroatoms. The van der Waals surface area contributed by atoms with Crippen LogP contribution in [0, 0.1) is 0 Å². The maximum Gasteiger partial charge on any atom is 0.407 e. The van der Waals surface area contributed by atoms with Crippen LogP contribution in [0.25, 0.3) is 0 Å². The average molecular weight is 154 g/mol. The molecule has 1 rings (SSSR count). The van der Waals surface area contributed by atoms with Crippen LogP contribution in [0.1, 0.15) is 0 Å². The third-order valence-corrected chi connectivity index (χ3v) is 1.24. The van der Waals surface area contributed by atoms with Crippen molar-refractivity contribution < 1.29 is 17.9 Å². The molecule has 10 heavy (non-hydrogen) atoms. The quantitative estimate of drug-likeness (QED) is 0.499. The van der Waals surface area contributed by atoms with Crippen molar-refractivity contribution in [2.45, 2.75) is 12.2 Å². The molecule has 2 nitrogen and oxygen atoms in total. The molecule has 0 aliphatic carbocycles. The minimum atomic E-state index is -4.22. The zero-order chi connectivity index (χ0) is 7.61. The maximum absolute atomic E-state index is 11.8. The Kier molecular flexibility index (Phi) is 2.15. The van der Waals surface area contributed by atoms with Gasteiger partial charge in [0.15, 0.2) is 0 Å². The predicted molar refractivity (Wildman–Crippen MR) is 27.7 cm³/mol. The summed E-state index contributed by atoms with van der Waals surface area (Å²) in [5.74, 6) is 0. The van der Waals surface area contributed by atoms with Gasteiger partial charge in [-0.25, -0.2) is 5.32 Å². The maximum atomic E-state index is 11.8. The fourth-order valence-corrected chi connectivity index (χ4v) is 0.719. The zero-order valence-electron chi connectivity index (χ0n) is 5.19. The number of hydrogen-bond donors (Lipinski definition) is 0. The van der Waals surface area contributed by atoms with Crippen LogP contribution in [-0.2, 0) is 4.74 Å². The summed E-state index contributed by atoms with van der Waals surface area (Å²) in [7, 11) is 0. The highest BCUT2D eigenvalue weighted by Crippen LogP contribution is 2.22. The molecule has 0 bridgehead atoms. The van der Waals surface area contributed by atoms with E-state index in [1.54, 1.807) is 0 Å². The highest BCUT2D eigenvalue weighted by atomic mass is 19.4. The van der Waals surface area contributed by atoms with Gasteiger partial charge in [-0.15, -0.1) is 0 Å². The van der Waals surface area contributed by atoms with Crippen molar-refractivity contribution in [1.29, 1.82) is 0 Å². The fourth-order valence-electron chi connectivity index (χ4n) is 0.719. The molecule has 1 unspecified atom stereocenters. The molecule has 1 radical (unpaired) electrons. The van der Waals surface area contributed by atoms with Gasteiger partial charge in [0.05, 0.1) is 13.2 Å². The van der Waals surface area contributed by atoms with Gasteiger partial charge < -0.3 is 4.74 Å². The highest BCUT2D eigenvalue weighted by Gasteiger charge is 2.41. The van der Waals surface area contributed by atoms with E-state index in [0.29, 0.717) is 6.61 Å². The van der Waals surface area contributed by atoms with Gasteiger partial charge >= 0.3 is 6.18 Å². The first-order valence-electron chi connectivity index (χ1n) is 2.92. The number of nitrogens with zero attached hydrogens (tertiary/aromatic N) is 1. The Bertz CT molecular complexity index is 108. The Balaban J connectivity index is 2.39. The molecular weight excluding hydrogens is 147 g/mol. The lowest BCUT2D eigenvalue weighted by Gasteiger charge is -2.23. The van der Waals surface area contributed by atoms with Crippen LogP contribution in [0.15, 0.2) is 0 Å². The first kappa shape index (κ1) is 7.81. The molecule has 1 heterocycles. The zero-order valence-corrected chi connectivity index (χ0v) is 5.19. The topological polar surface area (TPSA) is 23.3 Å². The number of hydrogen-bond acceptors (Lipinski definition) is 1. The minimum Gasteiger partial charge on any atom is -0.378 e. The molecule has 1 aliphatic rings. The summed E-state index contributed by atoms with van der Waals surface area (Å²) in [5.41, 5.74) is 0. The van der Waals surface area contributed by atoms with E-state index in [1.807, 2.05) is 0 Å².